The molecule has 0 amide bonds. The number of hydrogen-bond acceptors (Lipinski definition) is 7. The highest BCUT2D eigenvalue weighted by Crippen LogP contribution is 2.39. The minimum absolute atomic E-state index is 0.0242. The molecule has 2 heterocycles. The van der Waals surface area contributed by atoms with Crippen LogP contribution in [0.15, 0.2) is 29.5 Å². The van der Waals surface area contributed by atoms with E-state index >= 15 is 0 Å². The Kier molecular flexibility index (Phi) is 6.46. The van der Waals surface area contributed by atoms with Gasteiger partial charge in [-0.15, -0.1) is 0 Å². The molecule has 7 nitrogen and oxygen atoms in total. The van der Waals surface area contributed by atoms with E-state index in [1.165, 1.54) is 20.6 Å². The Hall–Kier alpha value is -2.25. The summed E-state index contributed by atoms with van der Waals surface area (Å²) in [6.45, 7) is 3.16. The lowest BCUT2D eigenvalue weighted by Gasteiger charge is -2.39. The number of piperidine rings is 1. The van der Waals surface area contributed by atoms with E-state index in [1.807, 2.05) is 12.1 Å². The Balaban J connectivity index is 2.14. The Morgan fingerprint density at radius 2 is 1.89 bits per heavy atom. The maximum absolute atomic E-state index is 12.6. The van der Waals surface area contributed by atoms with Gasteiger partial charge in [-0.25, -0.2) is 9.59 Å². The first-order valence-electron chi connectivity index (χ1n) is 9.29. The largest absolute Gasteiger partial charge is 0.466 e. The summed E-state index contributed by atoms with van der Waals surface area (Å²) in [4.78, 5) is 28.8. The summed E-state index contributed by atoms with van der Waals surface area (Å²) in [5, 5.41) is 0.526. The van der Waals surface area contributed by atoms with Crippen LogP contribution in [0.4, 0.5) is 11.4 Å². The zero-order valence-corrected chi connectivity index (χ0v) is 17.1. The lowest BCUT2D eigenvalue weighted by molar-refractivity contribution is -0.140. The van der Waals surface area contributed by atoms with Gasteiger partial charge in [0.15, 0.2) is 0 Å². The topological polar surface area (TPSA) is 68.3 Å². The molecular weight excluding hydrogens is 384 g/mol. The van der Waals surface area contributed by atoms with Gasteiger partial charge in [0, 0.05) is 17.6 Å². The van der Waals surface area contributed by atoms with Crippen LogP contribution in [0.5, 0.6) is 0 Å². The molecule has 2 aliphatic heterocycles. The summed E-state index contributed by atoms with van der Waals surface area (Å²) in [7, 11) is 2.55. The number of anilines is 2. The van der Waals surface area contributed by atoms with Crippen LogP contribution in [0.1, 0.15) is 26.2 Å². The summed E-state index contributed by atoms with van der Waals surface area (Å²) >= 11 is 6.29. The maximum Gasteiger partial charge on any atom is 0.355 e. The lowest BCUT2D eigenvalue weighted by atomic mass is 10.0. The van der Waals surface area contributed by atoms with Crippen molar-refractivity contribution in [2.75, 3.05) is 43.9 Å². The zero-order valence-electron chi connectivity index (χ0n) is 16.4. The fourth-order valence-electron chi connectivity index (χ4n) is 3.75. The molecule has 0 bridgehead atoms. The second kappa shape index (κ2) is 8.84. The number of benzene rings is 1. The smallest absolute Gasteiger partial charge is 0.355 e. The molecule has 2 aliphatic rings. The molecule has 0 aliphatic carbocycles. The molecular formula is C20H25ClN2O5. The van der Waals surface area contributed by atoms with Crippen molar-refractivity contribution in [3.8, 4) is 0 Å². The highest BCUT2D eigenvalue weighted by atomic mass is 35.5. The monoisotopic (exact) mass is 408 g/mol. The third kappa shape index (κ3) is 3.95. The summed E-state index contributed by atoms with van der Waals surface area (Å²) in [5.41, 5.74) is 1.88. The normalized spacial score (nSPS) is 20.2. The van der Waals surface area contributed by atoms with Crippen LogP contribution in [0.2, 0.25) is 5.02 Å². The number of carbonyl (C=O) groups excluding carboxylic acids is 2. The molecule has 1 aromatic carbocycles. The fraction of sp³-hybridized carbons (Fsp3) is 0.500. The quantitative estimate of drug-likeness (QED) is 0.709. The van der Waals surface area contributed by atoms with E-state index < -0.39 is 11.9 Å². The Labute approximate surface area is 169 Å². The van der Waals surface area contributed by atoms with E-state index in [2.05, 4.69) is 11.8 Å². The van der Waals surface area contributed by atoms with Crippen molar-refractivity contribution in [3.63, 3.8) is 0 Å². The number of methoxy groups -OCH3 is 2. The van der Waals surface area contributed by atoms with Gasteiger partial charge in [0.25, 0.3) is 0 Å². The number of rotatable bonds is 4. The van der Waals surface area contributed by atoms with E-state index in [9.17, 15) is 9.59 Å². The van der Waals surface area contributed by atoms with Crippen molar-refractivity contribution < 1.29 is 23.8 Å². The van der Waals surface area contributed by atoms with Crippen molar-refractivity contribution in [3.05, 3.63) is 34.5 Å². The molecule has 1 aromatic rings. The van der Waals surface area contributed by atoms with Crippen LogP contribution in [0, 0.1) is 0 Å². The number of esters is 2. The highest BCUT2D eigenvalue weighted by molar-refractivity contribution is 6.31. The zero-order chi connectivity index (χ0) is 20.3. The molecule has 0 spiro atoms. The molecule has 28 heavy (non-hydrogen) atoms. The minimum Gasteiger partial charge on any atom is -0.466 e. The van der Waals surface area contributed by atoms with Gasteiger partial charge in [0.05, 0.1) is 37.8 Å². The van der Waals surface area contributed by atoms with Gasteiger partial charge < -0.3 is 24.0 Å². The fourth-order valence-corrected chi connectivity index (χ4v) is 3.91. The van der Waals surface area contributed by atoms with Crippen LogP contribution in [-0.2, 0) is 23.8 Å². The van der Waals surface area contributed by atoms with Crippen LogP contribution >= 0.6 is 11.6 Å². The van der Waals surface area contributed by atoms with Gasteiger partial charge in [-0.3, -0.25) is 0 Å². The van der Waals surface area contributed by atoms with Crippen LogP contribution in [0.3, 0.4) is 0 Å². The van der Waals surface area contributed by atoms with Crippen molar-refractivity contribution in [2.24, 2.45) is 0 Å². The van der Waals surface area contributed by atoms with E-state index in [4.69, 9.17) is 25.8 Å². The van der Waals surface area contributed by atoms with Crippen LogP contribution < -0.4 is 9.80 Å². The van der Waals surface area contributed by atoms with Gasteiger partial charge in [-0.1, -0.05) is 11.6 Å². The predicted octanol–water partition coefficient (Wildman–Crippen LogP) is 3.11. The summed E-state index contributed by atoms with van der Waals surface area (Å²) in [6, 6.07) is 5.91. The molecule has 0 aromatic heterocycles. The summed E-state index contributed by atoms with van der Waals surface area (Å²) < 4.78 is 15.4. The summed E-state index contributed by atoms with van der Waals surface area (Å²) in [6.07, 6.45) is 3.37. The molecule has 1 atom stereocenters. The molecule has 152 valence electrons. The van der Waals surface area contributed by atoms with Crippen molar-refractivity contribution in [1.82, 2.24) is 0 Å². The van der Waals surface area contributed by atoms with E-state index in [0.29, 0.717) is 16.8 Å². The molecule has 8 heteroatoms. The molecule has 0 saturated carbocycles. The highest BCUT2D eigenvalue weighted by Gasteiger charge is 2.34. The Morgan fingerprint density at radius 1 is 1.14 bits per heavy atom. The van der Waals surface area contributed by atoms with Crippen molar-refractivity contribution >= 4 is 34.9 Å². The Morgan fingerprint density at radius 3 is 2.57 bits per heavy atom. The number of ether oxygens (including phenoxy) is 3. The van der Waals surface area contributed by atoms with Gasteiger partial charge in [0.1, 0.15) is 12.4 Å². The van der Waals surface area contributed by atoms with Gasteiger partial charge in [-0.2, -0.15) is 0 Å². The maximum atomic E-state index is 12.6. The molecule has 1 unspecified atom stereocenters. The standard InChI is InChI=1S/C20H25ClN2O5/c1-13-6-4-5-9-22(13)16-8-7-14(21)10-17(16)23-12-28-11-15(19(24)26-2)18(23)20(25)27-3/h7-8,10,13H,4-6,9,11-12H2,1-3H3. The third-order valence-corrected chi connectivity index (χ3v) is 5.41. The van der Waals surface area contributed by atoms with Crippen molar-refractivity contribution in [1.29, 1.82) is 0 Å². The van der Waals surface area contributed by atoms with Gasteiger partial charge in [0.2, 0.25) is 0 Å². The Bertz CT molecular complexity index is 795. The second-order valence-corrected chi connectivity index (χ2v) is 7.32. The molecule has 3 rings (SSSR count). The first-order valence-corrected chi connectivity index (χ1v) is 9.67. The molecule has 0 radical (unpaired) electrons. The number of carbonyl (C=O) groups is 2. The average molecular weight is 409 g/mol. The van der Waals surface area contributed by atoms with Crippen LogP contribution in [0.25, 0.3) is 0 Å². The first kappa shape index (κ1) is 20.5. The average Bonchev–Trinajstić information content (AvgIpc) is 2.72. The van der Waals surface area contributed by atoms with Crippen LogP contribution in [-0.4, -0.2) is 52.1 Å². The van der Waals surface area contributed by atoms with E-state index in [1.54, 1.807) is 11.0 Å². The van der Waals surface area contributed by atoms with E-state index in [0.717, 1.165) is 25.1 Å². The number of nitrogens with zero attached hydrogens (tertiary/aromatic N) is 2. The van der Waals surface area contributed by atoms with Gasteiger partial charge >= 0.3 is 11.9 Å². The SMILES string of the molecule is COC(=O)C1=C(C(=O)OC)N(c2cc(Cl)ccc2N2CCCCC2C)COC1. The lowest BCUT2D eigenvalue weighted by Crippen LogP contribution is -2.42. The molecule has 0 N–H and O–H groups in total. The van der Waals surface area contributed by atoms with Crippen molar-refractivity contribution in [2.45, 2.75) is 32.2 Å². The molecule has 1 saturated heterocycles. The predicted molar refractivity (Wildman–Crippen MR) is 106 cm³/mol. The second-order valence-electron chi connectivity index (χ2n) is 6.89. The first-order chi connectivity index (χ1) is 13.5. The molecule has 1 fully saturated rings. The van der Waals surface area contributed by atoms with E-state index in [-0.39, 0.29) is 24.6 Å². The minimum atomic E-state index is -0.625. The third-order valence-electron chi connectivity index (χ3n) is 5.17. The summed E-state index contributed by atoms with van der Waals surface area (Å²) in [5.74, 6) is -1.25. The number of halogens is 1. The number of hydrogen-bond donors (Lipinski definition) is 0. The van der Waals surface area contributed by atoms with Gasteiger partial charge in [-0.05, 0) is 44.4 Å².